The van der Waals surface area contributed by atoms with Gasteiger partial charge in [-0.05, 0) is 97.6 Å². The zero-order chi connectivity index (χ0) is 20.5. The van der Waals surface area contributed by atoms with Crippen LogP contribution in [0.15, 0.2) is 47.8 Å². The Hall–Kier alpha value is -1.97. The Morgan fingerprint density at radius 1 is 1.03 bits per heavy atom. The van der Waals surface area contributed by atoms with E-state index in [-0.39, 0.29) is 5.78 Å². The van der Waals surface area contributed by atoms with Crippen molar-refractivity contribution in [1.29, 1.82) is 0 Å². The Bertz CT molecular complexity index is 1040. The van der Waals surface area contributed by atoms with Gasteiger partial charge in [-0.25, -0.2) is 0 Å². The Labute approximate surface area is 183 Å². The van der Waals surface area contributed by atoms with Crippen molar-refractivity contribution in [1.82, 2.24) is 4.90 Å². The minimum atomic E-state index is 0.157. The predicted molar refractivity (Wildman–Crippen MR) is 127 cm³/mol. The Balaban J connectivity index is 1.45. The van der Waals surface area contributed by atoms with Crippen molar-refractivity contribution in [3.63, 3.8) is 0 Å². The average molecular weight is 418 g/mol. The number of carbonyl (C=O) groups excluding carboxylic acids is 1. The van der Waals surface area contributed by atoms with E-state index >= 15 is 0 Å². The van der Waals surface area contributed by atoms with Crippen LogP contribution in [0.3, 0.4) is 0 Å². The quantitative estimate of drug-likeness (QED) is 0.434. The van der Waals surface area contributed by atoms with Gasteiger partial charge in [0.2, 0.25) is 0 Å². The highest BCUT2D eigenvalue weighted by Gasteiger charge is 2.29. The molecule has 3 aromatic rings. The van der Waals surface area contributed by atoms with Gasteiger partial charge in [-0.3, -0.25) is 4.79 Å². The van der Waals surface area contributed by atoms with E-state index in [1.54, 1.807) is 0 Å². The lowest BCUT2D eigenvalue weighted by Crippen LogP contribution is -2.38. The SMILES string of the molecule is CCc1ccccc1C(=O)c1ccc2scc(C3CCC4CCCCN4CC3)c2c1. The van der Waals surface area contributed by atoms with Gasteiger partial charge in [0.15, 0.2) is 5.78 Å². The van der Waals surface area contributed by atoms with E-state index in [1.165, 1.54) is 67.3 Å². The molecule has 0 amide bonds. The van der Waals surface area contributed by atoms with Gasteiger partial charge in [0, 0.05) is 21.9 Å². The lowest BCUT2D eigenvalue weighted by atomic mass is 9.89. The lowest BCUT2D eigenvalue weighted by Gasteiger charge is -2.33. The molecule has 2 aliphatic rings. The number of carbonyl (C=O) groups is 1. The molecule has 2 atom stereocenters. The number of piperidine rings is 1. The van der Waals surface area contributed by atoms with E-state index in [1.807, 2.05) is 35.6 Å². The number of aryl methyl sites for hydroxylation is 1. The molecule has 2 aromatic carbocycles. The van der Waals surface area contributed by atoms with Crippen LogP contribution in [0, 0.1) is 0 Å². The van der Waals surface area contributed by atoms with Crippen molar-refractivity contribution in [3.8, 4) is 0 Å². The number of ketones is 1. The fourth-order valence-electron chi connectivity index (χ4n) is 5.56. The van der Waals surface area contributed by atoms with Gasteiger partial charge in [0.05, 0.1) is 0 Å². The molecule has 156 valence electrons. The lowest BCUT2D eigenvalue weighted by molar-refractivity contribution is 0.103. The number of nitrogens with zero attached hydrogens (tertiary/aromatic N) is 1. The molecule has 0 radical (unpaired) electrons. The first-order valence-corrected chi connectivity index (χ1v) is 12.5. The molecular weight excluding hydrogens is 386 g/mol. The summed E-state index contributed by atoms with van der Waals surface area (Å²) < 4.78 is 1.31. The van der Waals surface area contributed by atoms with Gasteiger partial charge in [-0.1, -0.05) is 37.6 Å². The zero-order valence-electron chi connectivity index (χ0n) is 17.9. The van der Waals surface area contributed by atoms with Gasteiger partial charge in [-0.15, -0.1) is 11.3 Å². The van der Waals surface area contributed by atoms with Crippen molar-refractivity contribution < 1.29 is 4.79 Å². The highest BCUT2D eigenvalue weighted by molar-refractivity contribution is 7.17. The van der Waals surface area contributed by atoms with Crippen LogP contribution in [-0.2, 0) is 6.42 Å². The summed E-state index contributed by atoms with van der Waals surface area (Å²) in [6.45, 7) is 4.64. The summed E-state index contributed by atoms with van der Waals surface area (Å²) in [6.07, 6.45) is 8.89. The van der Waals surface area contributed by atoms with Crippen LogP contribution in [0.4, 0.5) is 0 Å². The first kappa shape index (κ1) is 20.0. The molecule has 0 spiro atoms. The smallest absolute Gasteiger partial charge is 0.193 e. The summed E-state index contributed by atoms with van der Waals surface area (Å²) in [5.41, 5.74) is 4.29. The maximum Gasteiger partial charge on any atom is 0.193 e. The summed E-state index contributed by atoms with van der Waals surface area (Å²) in [4.78, 5) is 16.0. The van der Waals surface area contributed by atoms with Crippen LogP contribution in [0.25, 0.3) is 10.1 Å². The van der Waals surface area contributed by atoms with Crippen LogP contribution in [-0.4, -0.2) is 29.8 Å². The molecule has 2 saturated heterocycles. The predicted octanol–water partition coefficient (Wildman–Crippen LogP) is 6.82. The number of hydrogen-bond donors (Lipinski definition) is 0. The molecule has 1 aromatic heterocycles. The molecule has 3 heteroatoms. The summed E-state index contributed by atoms with van der Waals surface area (Å²) >= 11 is 1.84. The van der Waals surface area contributed by atoms with E-state index in [2.05, 4.69) is 35.4 Å². The first-order valence-electron chi connectivity index (χ1n) is 11.6. The van der Waals surface area contributed by atoms with Crippen LogP contribution >= 0.6 is 11.3 Å². The summed E-state index contributed by atoms with van der Waals surface area (Å²) in [5.74, 6) is 0.780. The molecule has 0 aliphatic carbocycles. The van der Waals surface area contributed by atoms with Crippen molar-refractivity contribution in [2.45, 2.75) is 63.8 Å². The second-order valence-electron chi connectivity index (χ2n) is 8.99. The van der Waals surface area contributed by atoms with Crippen LogP contribution < -0.4 is 0 Å². The van der Waals surface area contributed by atoms with E-state index in [4.69, 9.17) is 0 Å². The maximum atomic E-state index is 13.3. The van der Waals surface area contributed by atoms with Crippen molar-refractivity contribution in [3.05, 3.63) is 70.1 Å². The third kappa shape index (κ3) is 3.74. The molecular formula is C27H31NOS. The fourth-order valence-corrected chi connectivity index (χ4v) is 6.59. The number of benzene rings is 2. The van der Waals surface area contributed by atoms with Crippen LogP contribution in [0.5, 0.6) is 0 Å². The minimum absolute atomic E-state index is 0.157. The molecule has 30 heavy (non-hydrogen) atoms. The second kappa shape index (κ2) is 8.64. The monoisotopic (exact) mass is 417 g/mol. The summed E-state index contributed by atoms with van der Waals surface area (Å²) in [6, 6.07) is 15.2. The molecule has 0 N–H and O–H groups in total. The third-order valence-corrected chi connectivity index (χ3v) is 8.29. The Morgan fingerprint density at radius 2 is 1.93 bits per heavy atom. The Morgan fingerprint density at radius 3 is 2.83 bits per heavy atom. The van der Waals surface area contributed by atoms with Crippen LogP contribution in [0.1, 0.15) is 78.4 Å². The molecule has 2 aliphatic heterocycles. The van der Waals surface area contributed by atoms with Crippen molar-refractivity contribution >= 4 is 27.2 Å². The number of rotatable bonds is 4. The van der Waals surface area contributed by atoms with Gasteiger partial charge in [-0.2, -0.15) is 0 Å². The highest BCUT2D eigenvalue weighted by atomic mass is 32.1. The molecule has 3 heterocycles. The third-order valence-electron chi connectivity index (χ3n) is 7.31. The van der Waals surface area contributed by atoms with Gasteiger partial charge in [0.25, 0.3) is 0 Å². The van der Waals surface area contributed by atoms with Gasteiger partial charge >= 0.3 is 0 Å². The van der Waals surface area contributed by atoms with Crippen molar-refractivity contribution in [2.24, 2.45) is 0 Å². The maximum absolute atomic E-state index is 13.3. The standard InChI is InChI=1S/C27H31NOS/c1-2-19-7-3-4-9-23(19)27(29)21-11-13-26-24(17-21)25(18-30-26)20-10-12-22-8-5-6-15-28(22)16-14-20/h3-4,7,9,11,13,17-18,20,22H,2,5-6,8,10,12,14-16H2,1H3. The van der Waals surface area contributed by atoms with Crippen LogP contribution in [0.2, 0.25) is 0 Å². The average Bonchev–Trinajstić information content (AvgIpc) is 3.10. The second-order valence-corrected chi connectivity index (χ2v) is 9.90. The van der Waals surface area contributed by atoms with Gasteiger partial charge < -0.3 is 4.90 Å². The molecule has 0 bridgehead atoms. The first-order chi connectivity index (χ1) is 14.7. The van der Waals surface area contributed by atoms with Gasteiger partial charge in [0.1, 0.15) is 0 Å². The molecule has 5 rings (SSSR count). The number of fused-ring (bicyclic) bond motifs is 2. The largest absolute Gasteiger partial charge is 0.300 e. The van der Waals surface area contributed by atoms with E-state index in [0.717, 1.165) is 29.2 Å². The Kier molecular flexibility index (Phi) is 5.75. The summed E-state index contributed by atoms with van der Waals surface area (Å²) in [5, 5.41) is 3.68. The molecule has 2 nitrogen and oxygen atoms in total. The topological polar surface area (TPSA) is 20.3 Å². The highest BCUT2D eigenvalue weighted by Crippen LogP contribution is 2.39. The van der Waals surface area contributed by atoms with Crippen molar-refractivity contribution in [2.75, 3.05) is 13.1 Å². The fraction of sp³-hybridized carbons (Fsp3) is 0.444. The number of thiophene rings is 1. The molecule has 2 unspecified atom stereocenters. The normalized spacial score (nSPS) is 22.6. The van der Waals surface area contributed by atoms with E-state index < -0.39 is 0 Å². The summed E-state index contributed by atoms with van der Waals surface area (Å²) in [7, 11) is 0. The van der Waals surface area contributed by atoms with E-state index in [9.17, 15) is 4.79 Å². The van der Waals surface area contributed by atoms with E-state index in [0.29, 0.717) is 5.92 Å². The minimum Gasteiger partial charge on any atom is -0.300 e. The zero-order valence-corrected chi connectivity index (χ0v) is 18.7. The molecule has 2 fully saturated rings. The number of hydrogen-bond acceptors (Lipinski definition) is 3. The molecule has 0 saturated carbocycles.